The number of hydrogen-bond acceptors (Lipinski definition) is 4. The van der Waals surface area contributed by atoms with Gasteiger partial charge in [0.2, 0.25) is 0 Å². The molecule has 208 valence electrons. The number of ether oxygens (including phenoxy) is 1. The Morgan fingerprint density at radius 2 is 1.64 bits per heavy atom. The average molecular weight is 536 g/mol. The first-order valence-electron chi connectivity index (χ1n) is 13.7. The van der Waals surface area contributed by atoms with E-state index >= 15 is 0 Å². The molecule has 5 nitrogen and oxygen atoms in total. The minimum Gasteiger partial charge on any atom is -0.444 e. The highest BCUT2D eigenvalue weighted by molar-refractivity contribution is 5.68. The molecule has 0 spiro atoms. The molecule has 1 aliphatic rings. The monoisotopic (exact) mass is 535 g/mol. The first kappa shape index (κ1) is 28.6. The minimum absolute atomic E-state index is 0.0876. The summed E-state index contributed by atoms with van der Waals surface area (Å²) in [7, 11) is 0. The molecule has 1 N–H and O–H groups in total. The lowest BCUT2D eigenvalue weighted by Crippen LogP contribution is -2.47. The first-order valence-corrected chi connectivity index (χ1v) is 13.7. The van der Waals surface area contributed by atoms with E-state index in [0.29, 0.717) is 39.0 Å². The Morgan fingerprint density at radius 3 is 2.31 bits per heavy atom. The lowest BCUT2D eigenvalue weighted by Gasteiger charge is -2.38. The Labute approximate surface area is 230 Å². The van der Waals surface area contributed by atoms with E-state index in [1.807, 2.05) is 51.1 Å². The number of carbonyl (C=O) groups is 1. The summed E-state index contributed by atoms with van der Waals surface area (Å²) < 4.78 is 33.3. The number of fused-ring (bicyclic) bond motifs is 1. The molecule has 0 aromatic heterocycles. The van der Waals surface area contributed by atoms with Gasteiger partial charge < -0.3 is 15.0 Å². The van der Waals surface area contributed by atoms with Crippen LogP contribution < -0.4 is 5.32 Å². The van der Waals surface area contributed by atoms with Crippen LogP contribution in [-0.2, 0) is 30.7 Å². The van der Waals surface area contributed by atoms with Crippen molar-refractivity contribution in [1.82, 2.24) is 9.80 Å². The third-order valence-electron chi connectivity index (χ3n) is 6.92. The van der Waals surface area contributed by atoms with Gasteiger partial charge in [0.05, 0.1) is 0 Å². The van der Waals surface area contributed by atoms with Crippen LogP contribution in [0.4, 0.5) is 19.3 Å². The second-order valence-electron chi connectivity index (χ2n) is 11.2. The number of halogens is 2. The number of amides is 1. The van der Waals surface area contributed by atoms with Crippen molar-refractivity contribution in [3.63, 3.8) is 0 Å². The molecule has 0 radical (unpaired) electrons. The number of nitrogens with zero attached hydrogens (tertiary/aromatic N) is 2. The van der Waals surface area contributed by atoms with Gasteiger partial charge in [0.1, 0.15) is 17.2 Å². The van der Waals surface area contributed by atoms with Crippen LogP contribution in [0.5, 0.6) is 0 Å². The van der Waals surface area contributed by atoms with Crippen LogP contribution in [0.2, 0.25) is 0 Å². The van der Waals surface area contributed by atoms with Gasteiger partial charge in [-0.05, 0) is 99.2 Å². The molecule has 1 amide bonds. The van der Waals surface area contributed by atoms with E-state index in [0.717, 1.165) is 34.5 Å². The van der Waals surface area contributed by atoms with Crippen LogP contribution in [0, 0.1) is 11.6 Å². The van der Waals surface area contributed by atoms with Crippen molar-refractivity contribution in [1.29, 1.82) is 0 Å². The van der Waals surface area contributed by atoms with Crippen LogP contribution in [0.3, 0.4) is 0 Å². The highest BCUT2D eigenvalue weighted by atomic mass is 19.1. The minimum atomic E-state index is -0.608. The van der Waals surface area contributed by atoms with Crippen LogP contribution in [0.15, 0.2) is 66.7 Å². The SMILES string of the molecule is CCNc1ccc(CN(CCN2Cc3ccc(F)cc3CC2Cc2ccc(F)cc2)C(=O)OC(C)(C)C)cc1. The highest BCUT2D eigenvalue weighted by Crippen LogP contribution is 2.27. The van der Waals surface area contributed by atoms with Gasteiger partial charge in [0.25, 0.3) is 0 Å². The molecule has 1 unspecified atom stereocenters. The van der Waals surface area contributed by atoms with Gasteiger partial charge in [-0.1, -0.05) is 30.3 Å². The van der Waals surface area contributed by atoms with E-state index in [4.69, 9.17) is 4.74 Å². The van der Waals surface area contributed by atoms with Gasteiger partial charge in [-0.15, -0.1) is 0 Å². The summed E-state index contributed by atoms with van der Waals surface area (Å²) in [5.74, 6) is -0.503. The van der Waals surface area contributed by atoms with Gasteiger partial charge in [-0.2, -0.15) is 0 Å². The van der Waals surface area contributed by atoms with Gasteiger partial charge >= 0.3 is 6.09 Å². The molecular formula is C32H39F2N3O2. The predicted octanol–water partition coefficient (Wildman–Crippen LogP) is 6.80. The summed E-state index contributed by atoms with van der Waals surface area (Å²) in [4.78, 5) is 17.3. The Bertz CT molecular complexity index is 1240. The fraction of sp³-hybridized carbons (Fsp3) is 0.406. The molecule has 1 atom stereocenters. The quantitative estimate of drug-likeness (QED) is 0.327. The van der Waals surface area contributed by atoms with Gasteiger partial charge in [0.15, 0.2) is 0 Å². The standard InChI is InChI=1S/C32H39F2N3O2/c1-5-35-29-14-8-24(9-15-29)21-37(31(38)39-32(2,3)4)17-16-36-22-25-10-13-28(34)19-26(25)20-30(36)18-23-6-11-27(33)12-7-23/h6-15,19,30,35H,5,16-18,20-22H2,1-4H3. The molecule has 3 aromatic rings. The Morgan fingerprint density at radius 1 is 0.974 bits per heavy atom. The number of hydrogen-bond donors (Lipinski definition) is 1. The molecule has 0 aliphatic carbocycles. The summed E-state index contributed by atoms with van der Waals surface area (Å²) in [6, 6.07) is 19.7. The largest absolute Gasteiger partial charge is 0.444 e. The first-order chi connectivity index (χ1) is 18.6. The van der Waals surface area contributed by atoms with Crippen molar-refractivity contribution in [2.75, 3.05) is 25.0 Å². The van der Waals surface area contributed by atoms with Gasteiger partial charge in [-0.3, -0.25) is 4.90 Å². The summed E-state index contributed by atoms with van der Waals surface area (Å²) >= 11 is 0. The van der Waals surface area contributed by atoms with Crippen LogP contribution in [0.1, 0.15) is 49.9 Å². The maximum absolute atomic E-state index is 14.0. The van der Waals surface area contributed by atoms with Crippen LogP contribution >= 0.6 is 0 Å². The van der Waals surface area contributed by atoms with E-state index < -0.39 is 5.60 Å². The number of anilines is 1. The van der Waals surface area contributed by atoms with E-state index in [1.54, 1.807) is 23.1 Å². The Kier molecular flexibility index (Phi) is 9.23. The number of benzene rings is 3. The number of rotatable bonds is 9. The smallest absolute Gasteiger partial charge is 0.410 e. The van der Waals surface area contributed by atoms with Crippen LogP contribution in [0.25, 0.3) is 0 Å². The van der Waals surface area contributed by atoms with Crippen molar-refractivity contribution >= 4 is 11.8 Å². The van der Waals surface area contributed by atoms with E-state index in [9.17, 15) is 13.6 Å². The zero-order valence-electron chi connectivity index (χ0n) is 23.3. The van der Waals surface area contributed by atoms with E-state index in [1.165, 1.54) is 18.2 Å². The highest BCUT2D eigenvalue weighted by Gasteiger charge is 2.29. The van der Waals surface area contributed by atoms with Crippen molar-refractivity contribution in [3.05, 3.63) is 101 Å². The lowest BCUT2D eigenvalue weighted by molar-refractivity contribution is 0.0198. The van der Waals surface area contributed by atoms with E-state index in [-0.39, 0.29) is 23.8 Å². The van der Waals surface area contributed by atoms with Crippen molar-refractivity contribution in [2.24, 2.45) is 0 Å². The van der Waals surface area contributed by atoms with Crippen molar-refractivity contribution in [2.45, 2.75) is 65.3 Å². The molecule has 1 heterocycles. The van der Waals surface area contributed by atoms with Crippen LogP contribution in [-0.4, -0.2) is 47.2 Å². The molecule has 0 saturated carbocycles. The Hall–Kier alpha value is -3.45. The molecular weight excluding hydrogens is 496 g/mol. The molecule has 0 bridgehead atoms. The summed E-state index contributed by atoms with van der Waals surface area (Å²) in [6.07, 6.45) is 1.03. The maximum atomic E-state index is 14.0. The topological polar surface area (TPSA) is 44.8 Å². The molecule has 3 aromatic carbocycles. The van der Waals surface area contributed by atoms with Crippen molar-refractivity contribution in [3.8, 4) is 0 Å². The molecule has 7 heteroatoms. The second-order valence-corrected chi connectivity index (χ2v) is 11.2. The molecule has 4 rings (SSSR count). The summed E-state index contributed by atoms with van der Waals surface area (Å²) in [6.45, 7) is 10.7. The zero-order chi connectivity index (χ0) is 28.0. The lowest BCUT2D eigenvalue weighted by atomic mass is 9.90. The third-order valence-corrected chi connectivity index (χ3v) is 6.92. The second kappa shape index (κ2) is 12.6. The molecule has 39 heavy (non-hydrogen) atoms. The fourth-order valence-electron chi connectivity index (χ4n) is 4.99. The summed E-state index contributed by atoms with van der Waals surface area (Å²) in [5, 5.41) is 3.29. The molecule has 0 fully saturated rings. The Balaban J connectivity index is 1.53. The van der Waals surface area contributed by atoms with Gasteiger partial charge in [0, 0.05) is 44.5 Å². The molecule has 1 aliphatic heterocycles. The average Bonchev–Trinajstić information content (AvgIpc) is 2.88. The van der Waals surface area contributed by atoms with Gasteiger partial charge in [-0.25, -0.2) is 13.6 Å². The van der Waals surface area contributed by atoms with E-state index in [2.05, 4.69) is 17.1 Å². The molecule has 0 saturated heterocycles. The number of nitrogens with one attached hydrogen (secondary N) is 1. The normalized spacial score (nSPS) is 15.5. The third kappa shape index (κ3) is 8.27. The predicted molar refractivity (Wildman–Crippen MR) is 152 cm³/mol. The number of carbonyl (C=O) groups excluding carboxylic acids is 1. The summed E-state index contributed by atoms with van der Waals surface area (Å²) in [5.41, 5.74) is 4.57. The fourth-order valence-corrected chi connectivity index (χ4v) is 4.99. The maximum Gasteiger partial charge on any atom is 0.410 e. The zero-order valence-corrected chi connectivity index (χ0v) is 23.3. The van der Waals surface area contributed by atoms with Crippen molar-refractivity contribution < 1.29 is 18.3 Å².